The molecule has 3 amide bonds. The summed E-state index contributed by atoms with van der Waals surface area (Å²) in [7, 11) is 1.79. The number of carbonyl (C=O) groups excluding carboxylic acids is 3. The second-order valence-corrected chi connectivity index (χ2v) is 10.3. The van der Waals surface area contributed by atoms with E-state index in [1.165, 1.54) is 0 Å². The average molecular weight is 589 g/mol. The maximum Gasteiger partial charge on any atom is 0.293 e. The van der Waals surface area contributed by atoms with Gasteiger partial charge < -0.3 is 19.2 Å². The number of furan rings is 1. The van der Waals surface area contributed by atoms with Crippen molar-refractivity contribution in [3.8, 4) is 0 Å². The SMILES string of the molecule is CCCC(=O)NCCCn1c(NC(=O)c2ccc(Br)o2)nc2cc(N(C)C(=O)CC(CC)CCC)ccc21. The molecule has 1 aromatic carbocycles. The molecule has 2 heterocycles. The summed E-state index contributed by atoms with van der Waals surface area (Å²) in [6.45, 7) is 7.28. The summed E-state index contributed by atoms with van der Waals surface area (Å²) >= 11 is 3.22. The second kappa shape index (κ2) is 14.1. The predicted octanol–water partition coefficient (Wildman–Crippen LogP) is 6.13. The van der Waals surface area contributed by atoms with Crippen LogP contribution < -0.4 is 15.5 Å². The van der Waals surface area contributed by atoms with Crippen LogP contribution in [0.25, 0.3) is 11.0 Å². The van der Waals surface area contributed by atoms with Crippen LogP contribution in [0.15, 0.2) is 39.4 Å². The van der Waals surface area contributed by atoms with Crippen molar-refractivity contribution < 1.29 is 18.8 Å². The Bertz CT molecular complexity index is 1250. The first-order valence-electron chi connectivity index (χ1n) is 13.4. The second-order valence-electron chi connectivity index (χ2n) is 9.49. The molecule has 2 aromatic heterocycles. The van der Waals surface area contributed by atoms with Crippen LogP contribution in [0.4, 0.5) is 11.6 Å². The van der Waals surface area contributed by atoms with E-state index in [1.807, 2.05) is 29.7 Å². The number of amides is 3. The number of rotatable bonds is 14. The number of halogens is 1. The minimum Gasteiger partial charge on any atom is -0.444 e. The highest BCUT2D eigenvalue weighted by molar-refractivity contribution is 9.10. The molecule has 0 aliphatic heterocycles. The maximum absolute atomic E-state index is 13.0. The van der Waals surface area contributed by atoms with Gasteiger partial charge in [0, 0.05) is 38.7 Å². The van der Waals surface area contributed by atoms with E-state index < -0.39 is 5.91 Å². The first-order valence-corrected chi connectivity index (χ1v) is 14.2. The Morgan fingerprint density at radius 2 is 1.92 bits per heavy atom. The summed E-state index contributed by atoms with van der Waals surface area (Å²) in [5.41, 5.74) is 2.23. The lowest BCUT2D eigenvalue weighted by atomic mass is 9.96. The number of nitrogens with one attached hydrogen (secondary N) is 2. The Balaban J connectivity index is 1.84. The first kappa shape index (κ1) is 29.4. The Morgan fingerprint density at radius 3 is 2.58 bits per heavy atom. The van der Waals surface area contributed by atoms with Gasteiger partial charge >= 0.3 is 0 Å². The Kier molecular flexibility index (Phi) is 10.9. The lowest BCUT2D eigenvalue weighted by Crippen LogP contribution is -2.28. The molecule has 206 valence electrons. The van der Waals surface area contributed by atoms with E-state index in [0.29, 0.717) is 54.4 Å². The fraction of sp³-hybridized carbons (Fsp3) is 0.500. The van der Waals surface area contributed by atoms with Crippen molar-refractivity contribution >= 4 is 56.3 Å². The van der Waals surface area contributed by atoms with Gasteiger partial charge in [-0.2, -0.15) is 0 Å². The zero-order chi connectivity index (χ0) is 27.7. The maximum atomic E-state index is 13.0. The quantitative estimate of drug-likeness (QED) is 0.220. The van der Waals surface area contributed by atoms with Gasteiger partial charge in [-0.25, -0.2) is 4.98 Å². The summed E-state index contributed by atoms with van der Waals surface area (Å²) in [6.07, 6.45) is 5.54. The molecular weight excluding hydrogens is 550 g/mol. The molecule has 0 spiro atoms. The number of imidazole rings is 1. The van der Waals surface area contributed by atoms with Crippen molar-refractivity contribution in [1.82, 2.24) is 14.9 Å². The number of hydrogen-bond donors (Lipinski definition) is 2. The number of nitrogens with zero attached hydrogens (tertiary/aromatic N) is 3. The largest absolute Gasteiger partial charge is 0.444 e. The van der Waals surface area contributed by atoms with Gasteiger partial charge in [0.25, 0.3) is 5.91 Å². The fourth-order valence-electron chi connectivity index (χ4n) is 4.42. The predicted molar refractivity (Wildman–Crippen MR) is 153 cm³/mol. The molecule has 9 nitrogen and oxygen atoms in total. The molecule has 0 bridgehead atoms. The Hall–Kier alpha value is -3.14. The van der Waals surface area contributed by atoms with E-state index >= 15 is 0 Å². The third-order valence-electron chi connectivity index (χ3n) is 6.61. The molecule has 0 saturated heterocycles. The van der Waals surface area contributed by atoms with Crippen molar-refractivity contribution in [3.63, 3.8) is 0 Å². The normalized spacial score (nSPS) is 11.9. The molecule has 1 atom stereocenters. The highest BCUT2D eigenvalue weighted by Gasteiger charge is 2.20. The van der Waals surface area contributed by atoms with Crippen molar-refractivity contribution in [2.45, 2.75) is 72.3 Å². The molecule has 2 N–H and O–H groups in total. The van der Waals surface area contributed by atoms with E-state index in [-0.39, 0.29) is 17.6 Å². The molecule has 10 heteroatoms. The monoisotopic (exact) mass is 587 g/mol. The van der Waals surface area contributed by atoms with Crippen LogP contribution in [-0.4, -0.2) is 40.9 Å². The molecule has 0 aliphatic rings. The third-order valence-corrected chi connectivity index (χ3v) is 7.04. The minimum absolute atomic E-state index is 0.0292. The van der Waals surface area contributed by atoms with E-state index in [0.717, 1.165) is 36.9 Å². The number of aryl methyl sites for hydroxylation is 1. The van der Waals surface area contributed by atoms with E-state index in [4.69, 9.17) is 4.42 Å². The van der Waals surface area contributed by atoms with Crippen LogP contribution in [0.2, 0.25) is 0 Å². The number of benzene rings is 1. The van der Waals surface area contributed by atoms with E-state index in [2.05, 4.69) is 45.4 Å². The standard InChI is InChI=1S/C28H38BrN5O4/c1-5-9-19(7-3)17-26(36)33(4)20-11-12-22-21(18-20)31-28(32-27(37)23-13-14-24(29)38-23)34(22)16-8-15-30-25(35)10-6-2/h11-14,18-19H,5-10,15-17H2,1-4H3,(H,30,35)(H,31,32,37). The van der Waals surface area contributed by atoms with Crippen molar-refractivity contribution in [2.24, 2.45) is 5.92 Å². The Morgan fingerprint density at radius 1 is 1.13 bits per heavy atom. The van der Waals surface area contributed by atoms with Gasteiger partial charge in [-0.15, -0.1) is 0 Å². The molecule has 3 rings (SSSR count). The van der Waals surface area contributed by atoms with Crippen LogP contribution in [0.5, 0.6) is 0 Å². The van der Waals surface area contributed by atoms with Crippen molar-refractivity contribution in [2.75, 3.05) is 23.8 Å². The highest BCUT2D eigenvalue weighted by Crippen LogP contribution is 2.27. The Labute approximate surface area is 232 Å². The molecular formula is C28H38BrN5O4. The first-order chi connectivity index (χ1) is 18.3. The smallest absolute Gasteiger partial charge is 0.293 e. The highest BCUT2D eigenvalue weighted by atomic mass is 79.9. The zero-order valence-corrected chi connectivity index (χ0v) is 24.3. The number of aromatic nitrogens is 2. The topological polar surface area (TPSA) is 109 Å². The van der Waals surface area contributed by atoms with Gasteiger partial charge in [-0.1, -0.05) is 40.0 Å². The average Bonchev–Trinajstić information content (AvgIpc) is 3.48. The number of hydrogen-bond acceptors (Lipinski definition) is 5. The fourth-order valence-corrected chi connectivity index (χ4v) is 4.72. The van der Waals surface area contributed by atoms with Gasteiger partial charge in [0.05, 0.1) is 11.0 Å². The van der Waals surface area contributed by atoms with Crippen LogP contribution >= 0.6 is 15.9 Å². The van der Waals surface area contributed by atoms with Gasteiger partial charge in [0.2, 0.25) is 17.8 Å². The van der Waals surface area contributed by atoms with Gasteiger partial charge in [-0.3, -0.25) is 19.7 Å². The summed E-state index contributed by atoms with van der Waals surface area (Å²) in [6, 6.07) is 8.92. The van der Waals surface area contributed by atoms with E-state index in [9.17, 15) is 14.4 Å². The molecule has 1 unspecified atom stereocenters. The lowest BCUT2D eigenvalue weighted by Gasteiger charge is -2.21. The van der Waals surface area contributed by atoms with Crippen molar-refractivity contribution in [3.05, 3.63) is 40.8 Å². The summed E-state index contributed by atoms with van der Waals surface area (Å²) in [5.74, 6) is 0.588. The molecule has 3 aromatic rings. The van der Waals surface area contributed by atoms with Crippen LogP contribution in [0.3, 0.4) is 0 Å². The summed E-state index contributed by atoms with van der Waals surface area (Å²) < 4.78 is 7.76. The van der Waals surface area contributed by atoms with Crippen LogP contribution in [0.1, 0.15) is 76.3 Å². The molecule has 0 radical (unpaired) electrons. The van der Waals surface area contributed by atoms with Gasteiger partial charge in [-0.05, 0) is 65.0 Å². The molecule has 0 fully saturated rings. The zero-order valence-electron chi connectivity index (χ0n) is 22.7. The summed E-state index contributed by atoms with van der Waals surface area (Å²) in [5, 5.41) is 5.77. The number of fused-ring (bicyclic) bond motifs is 1. The molecule has 0 saturated carbocycles. The lowest BCUT2D eigenvalue weighted by molar-refractivity contribution is -0.121. The molecule has 38 heavy (non-hydrogen) atoms. The number of anilines is 2. The van der Waals surface area contributed by atoms with Crippen molar-refractivity contribution in [1.29, 1.82) is 0 Å². The third kappa shape index (κ3) is 7.69. The summed E-state index contributed by atoms with van der Waals surface area (Å²) in [4.78, 5) is 44.0. The van der Waals surface area contributed by atoms with E-state index in [1.54, 1.807) is 24.1 Å². The van der Waals surface area contributed by atoms with Crippen LogP contribution in [-0.2, 0) is 16.1 Å². The minimum atomic E-state index is -0.419. The molecule has 0 aliphatic carbocycles. The van der Waals surface area contributed by atoms with Crippen LogP contribution in [0, 0.1) is 5.92 Å². The van der Waals surface area contributed by atoms with Gasteiger partial charge in [0.1, 0.15) is 0 Å². The van der Waals surface area contributed by atoms with Gasteiger partial charge in [0.15, 0.2) is 10.4 Å². The number of carbonyl (C=O) groups is 3.